The van der Waals surface area contributed by atoms with E-state index in [4.69, 9.17) is 21.1 Å². The second-order valence-corrected chi connectivity index (χ2v) is 8.55. The first kappa shape index (κ1) is 23.5. The van der Waals surface area contributed by atoms with Crippen LogP contribution in [0.15, 0.2) is 18.7 Å². The first-order valence-electron chi connectivity index (χ1n) is 8.59. The Morgan fingerprint density at radius 1 is 1.00 bits per heavy atom. The highest BCUT2D eigenvalue weighted by Crippen LogP contribution is 2.38. The van der Waals surface area contributed by atoms with Gasteiger partial charge in [-0.15, -0.1) is 0 Å². The fraction of sp³-hybridized carbons (Fsp3) is 0.450. The van der Waals surface area contributed by atoms with E-state index in [1.54, 1.807) is 41.5 Å². The maximum Gasteiger partial charge on any atom is 0.412 e. The van der Waals surface area contributed by atoms with Gasteiger partial charge in [-0.1, -0.05) is 45.0 Å². The molecule has 154 valence electrons. The average molecular weight is 411 g/mol. The second-order valence-electron chi connectivity index (χ2n) is 8.15. The van der Waals surface area contributed by atoms with Crippen molar-refractivity contribution in [2.45, 2.75) is 47.1 Å². The van der Waals surface area contributed by atoms with E-state index in [1.165, 1.54) is 19.2 Å². The Hall–Kier alpha value is -2.54. The molecule has 0 heterocycles. The summed E-state index contributed by atoms with van der Waals surface area (Å²) in [6.45, 7) is 14.0. The van der Waals surface area contributed by atoms with Gasteiger partial charge in [-0.05, 0) is 26.8 Å². The van der Waals surface area contributed by atoms with E-state index in [0.29, 0.717) is 0 Å². The number of carbonyl (C=O) groups is 3. The zero-order valence-corrected chi connectivity index (χ0v) is 18.0. The molecule has 0 aromatic heterocycles. The number of carbonyl (C=O) groups excluding carboxylic acids is 3. The number of nitrogens with one attached hydrogen (secondary N) is 2. The van der Waals surface area contributed by atoms with E-state index in [-0.39, 0.29) is 33.4 Å². The maximum atomic E-state index is 12.6. The van der Waals surface area contributed by atoms with Crippen molar-refractivity contribution in [3.05, 3.63) is 29.3 Å². The summed E-state index contributed by atoms with van der Waals surface area (Å²) in [4.78, 5) is 36.8. The summed E-state index contributed by atoms with van der Waals surface area (Å²) in [6, 6.07) is 2.99. The molecule has 2 N–H and O–H groups in total. The molecule has 0 aliphatic rings. The third-order valence-corrected chi connectivity index (χ3v) is 3.77. The molecule has 0 bridgehead atoms. The highest BCUT2D eigenvalue weighted by Gasteiger charge is 2.27. The molecule has 0 aliphatic heterocycles. The van der Waals surface area contributed by atoms with Crippen LogP contribution < -0.4 is 10.6 Å². The molecule has 0 fully saturated rings. The van der Waals surface area contributed by atoms with Crippen molar-refractivity contribution in [2.75, 3.05) is 17.7 Å². The summed E-state index contributed by atoms with van der Waals surface area (Å²) in [6.07, 6.45) is -0.763. The van der Waals surface area contributed by atoms with Gasteiger partial charge in [-0.2, -0.15) is 0 Å². The van der Waals surface area contributed by atoms with Crippen LogP contribution in [0.3, 0.4) is 0 Å². The number of amides is 2. The van der Waals surface area contributed by atoms with Crippen molar-refractivity contribution in [2.24, 2.45) is 5.41 Å². The van der Waals surface area contributed by atoms with Crippen LogP contribution in [0, 0.1) is 5.41 Å². The van der Waals surface area contributed by atoms with Crippen molar-refractivity contribution < 1.29 is 23.9 Å². The first-order valence-corrected chi connectivity index (χ1v) is 8.96. The number of hydrogen-bond donors (Lipinski definition) is 2. The molecule has 0 saturated heterocycles. The number of anilines is 2. The quantitative estimate of drug-likeness (QED) is 0.546. The number of rotatable bonds is 4. The van der Waals surface area contributed by atoms with Crippen LogP contribution in [0.4, 0.5) is 16.2 Å². The Bertz CT molecular complexity index is 804. The van der Waals surface area contributed by atoms with E-state index in [1.807, 2.05) is 0 Å². The minimum absolute atomic E-state index is 0.00406. The van der Waals surface area contributed by atoms with E-state index in [2.05, 4.69) is 17.2 Å². The highest BCUT2D eigenvalue weighted by atomic mass is 35.5. The number of hydrogen-bond acceptors (Lipinski definition) is 5. The average Bonchev–Trinajstić information content (AvgIpc) is 2.54. The van der Waals surface area contributed by atoms with E-state index < -0.39 is 23.1 Å². The number of esters is 1. The van der Waals surface area contributed by atoms with Gasteiger partial charge >= 0.3 is 12.1 Å². The molecule has 2 amide bonds. The summed E-state index contributed by atoms with van der Waals surface area (Å²) >= 11 is 6.27. The van der Waals surface area contributed by atoms with Gasteiger partial charge in [-0.25, -0.2) is 9.59 Å². The zero-order valence-electron chi connectivity index (χ0n) is 17.3. The second kappa shape index (κ2) is 8.65. The number of halogens is 1. The van der Waals surface area contributed by atoms with Gasteiger partial charge in [0.2, 0.25) is 5.91 Å². The molecule has 28 heavy (non-hydrogen) atoms. The van der Waals surface area contributed by atoms with Crippen molar-refractivity contribution >= 4 is 46.5 Å². The Balaban J connectivity index is 3.51. The van der Waals surface area contributed by atoms with Crippen molar-refractivity contribution in [3.63, 3.8) is 0 Å². The van der Waals surface area contributed by atoms with Gasteiger partial charge in [0.25, 0.3) is 0 Å². The molecule has 7 nitrogen and oxygen atoms in total. The molecule has 0 saturated carbocycles. The summed E-state index contributed by atoms with van der Waals surface area (Å²) < 4.78 is 9.97. The van der Waals surface area contributed by atoms with Crippen LogP contribution in [0.25, 0.3) is 5.57 Å². The van der Waals surface area contributed by atoms with Gasteiger partial charge < -0.3 is 14.8 Å². The summed E-state index contributed by atoms with van der Waals surface area (Å²) in [5.41, 5.74) is -0.992. The third-order valence-electron chi connectivity index (χ3n) is 3.46. The Kier molecular flexibility index (Phi) is 7.26. The number of ether oxygens (including phenoxy) is 2. The van der Waals surface area contributed by atoms with E-state index in [0.717, 1.165) is 0 Å². The van der Waals surface area contributed by atoms with Crippen LogP contribution in [0.1, 0.15) is 47.1 Å². The largest absolute Gasteiger partial charge is 0.465 e. The predicted molar refractivity (Wildman–Crippen MR) is 110 cm³/mol. The van der Waals surface area contributed by atoms with Gasteiger partial charge in [0.1, 0.15) is 5.60 Å². The number of methoxy groups -OCH3 is 1. The molecule has 1 aromatic rings. The van der Waals surface area contributed by atoms with Gasteiger partial charge in [0.05, 0.1) is 29.1 Å². The van der Waals surface area contributed by atoms with Crippen molar-refractivity contribution in [3.8, 4) is 0 Å². The minimum Gasteiger partial charge on any atom is -0.465 e. The van der Waals surface area contributed by atoms with Crippen LogP contribution in [-0.4, -0.2) is 30.7 Å². The minimum atomic E-state index is -0.763. The molecular formula is C20H27ClN2O5. The molecule has 0 unspecified atom stereocenters. The standard InChI is InChI=1S/C20H27ClN2O5/c1-11(16(24)27-8)12-9-10-13(21)15(23-18(26)28-20(5,6)7)14(12)22-17(25)19(2,3)4/h9-10H,1H2,2-8H3,(H,22,25)(H,23,26). The normalized spacial score (nSPS) is 11.4. The van der Waals surface area contributed by atoms with E-state index >= 15 is 0 Å². The Morgan fingerprint density at radius 2 is 1.57 bits per heavy atom. The fourth-order valence-corrected chi connectivity index (χ4v) is 2.23. The van der Waals surface area contributed by atoms with Crippen molar-refractivity contribution in [1.82, 2.24) is 0 Å². The van der Waals surface area contributed by atoms with Gasteiger partial charge in [0, 0.05) is 11.0 Å². The highest BCUT2D eigenvalue weighted by molar-refractivity contribution is 6.35. The molecular weight excluding hydrogens is 384 g/mol. The topological polar surface area (TPSA) is 93.7 Å². The lowest BCUT2D eigenvalue weighted by Gasteiger charge is -2.24. The van der Waals surface area contributed by atoms with E-state index in [9.17, 15) is 14.4 Å². The fourth-order valence-electron chi connectivity index (χ4n) is 2.02. The molecule has 0 radical (unpaired) electrons. The van der Waals surface area contributed by atoms with Gasteiger partial charge in [0.15, 0.2) is 0 Å². The van der Waals surface area contributed by atoms with Crippen LogP contribution in [0.2, 0.25) is 5.02 Å². The zero-order chi connectivity index (χ0) is 21.9. The lowest BCUT2D eigenvalue weighted by atomic mass is 9.94. The Morgan fingerprint density at radius 3 is 2.04 bits per heavy atom. The first-order chi connectivity index (χ1) is 12.7. The van der Waals surface area contributed by atoms with Gasteiger partial charge in [-0.3, -0.25) is 10.1 Å². The molecule has 8 heteroatoms. The van der Waals surface area contributed by atoms with Crippen LogP contribution in [-0.2, 0) is 19.1 Å². The predicted octanol–water partition coefficient (Wildman–Crippen LogP) is 4.86. The van der Waals surface area contributed by atoms with Crippen LogP contribution >= 0.6 is 11.6 Å². The summed E-state index contributed by atoms with van der Waals surface area (Å²) in [5.74, 6) is -1.03. The summed E-state index contributed by atoms with van der Waals surface area (Å²) in [7, 11) is 1.22. The molecule has 0 atom stereocenters. The van der Waals surface area contributed by atoms with Crippen LogP contribution in [0.5, 0.6) is 0 Å². The molecule has 0 spiro atoms. The SMILES string of the molecule is C=C(C(=O)OC)c1ccc(Cl)c(NC(=O)OC(C)(C)C)c1NC(=O)C(C)(C)C. The molecule has 1 rings (SSSR count). The lowest BCUT2D eigenvalue weighted by molar-refractivity contribution is -0.133. The third kappa shape index (κ3) is 6.27. The van der Waals surface area contributed by atoms with Crippen molar-refractivity contribution in [1.29, 1.82) is 0 Å². The summed E-state index contributed by atoms with van der Waals surface area (Å²) in [5, 5.41) is 5.42. The smallest absolute Gasteiger partial charge is 0.412 e. The Labute approximate surface area is 170 Å². The lowest BCUT2D eigenvalue weighted by Crippen LogP contribution is -2.30. The molecule has 0 aliphatic carbocycles. The monoisotopic (exact) mass is 410 g/mol. The maximum absolute atomic E-state index is 12.6. The molecule has 1 aromatic carbocycles. The number of benzene rings is 1.